The molecule has 2 unspecified atom stereocenters. The first-order valence-electron chi connectivity index (χ1n) is 7.68. The van der Waals surface area contributed by atoms with Crippen LogP contribution in [-0.4, -0.2) is 18.2 Å². The second-order valence-corrected chi connectivity index (χ2v) is 5.76. The molecule has 1 aromatic carbocycles. The number of methoxy groups -OCH3 is 1. The number of hydrogen-bond donors (Lipinski definition) is 1. The normalized spacial score (nSPS) is 17.7. The van der Waals surface area contributed by atoms with E-state index in [-0.39, 0.29) is 12.1 Å². The Hall–Kier alpha value is -2.07. The fraction of sp³-hybridized carbons (Fsp3) is 0.389. The van der Waals surface area contributed by atoms with E-state index in [1.807, 2.05) is 24.4 Å². The smallest absolute Gasteiger partial charge is 0.123 e. The van der Waals surface area contributed by atoms with Crippen molar-refractivity contribution in [2.45, 2.75) is 39.0 Å². The molecule has 0 fully saturated rings. The van der Waals surface area contributed by atoms with Crippen LogP contribution in [0.4, 0.5) is 0 Å². The second-order valence-electron chi connectivity index (χ2n) is 5.76. The number of pyridine rings is 1. The van der Waals surface area contributed by atoms with Crippen LogP contribution in [0.2, 0.25) is 0 Å². The van der Waals surface area contributed by atoms with Gasteiger partial charge in [0.15, 0.2) is 0 Å². The Morgan fingerprint density at radius 2 is 2.27 bits per heavy atom. The van der Waals surface area contributed by atoms with E-state index in [9.17, 15) is 0 Å². The van der Waals surface area contributed by atoms with Gasteiger partial charge in [-0.2, -0.15) is 0 Å². The number of hydrogen-bond acceptors (Lipinski definition) is 4. The first kappa shape index (κ1) is 14.9. The summed E-state index contributed by atoms with van der Waals surface area (Å²) in [6.45, 7) is 4.92. The molecular formula is C18H22N2O2. The van der Waals surface area contributed by atoms with E-state index in [0.29, 0.717) is 6.54 Å². The highest BCUT2D eigenvalue weighted by Crippen LogP contribution is 2.35. The molecule has 0 amide bonds. The van der Waals surface area contributed by atoms with Crippen molar-refractivity contribution in [3.8, 4) is 11.5 Å². The molecule has 1 aliphatic heterocycles. The molecule has 116 valence electrons. The quantitative estimate of drug-likeness (QED) is 0.920. The number of benzene rings is 1. The van der Waals surface area contributed by atoms with Gasteiger partial charge in [-0.05, 0) is 38.1 Å². The fourth-order valence-electron chi connectivity index (χ4n) is 2.81. The molecule has 1 N–H and O–H groups in total. The van der Waals surface area contributed by atoms with Crippen molar-refractivity contribution in [2.75, 3.05) is 7.11 Å². The molecule has 22 heavy (non-hydrogen) atoms. The van der Waals surface area contributed by atoms with Crippen LogP contribution in [0.15, 0.2) is 36.5 Å². The molecule has 0 aliphatic carbocycles. The minimum atomic E-state index is 0.180. The summed E-state index contributed by atoms with van der Waals surface area (Å²) in [5.41, 5.74) is 3.37. The van der Waals surface area contributed by atoms with Crippen molar-refractivity contribution in [1.29, 1.82) is 0 Å². The lowest BCUT2D eigenvalue weighted by Crippen LogP contribution is -2.19. The van der Waals surface area contributed by atoms with Crippen LogP contribution in [-0.2, 0) is 13.0 Å². The lowest BCUT2D eigenvalue weighted by atomic mass is 10.1. The van der Waals surface area contributed by atoms with Crippen LogP contribution in [0, 0.1) is 0 Å². The third-order valence-corrected chi connectivity index (χ3v) is 4.03. The number of fused-ring (bicyclic) bond motifs is 1. The van der Waals surface area contributed by atoms with Gasteiger partial charge < -0.3 is 14.8 Å². The number of ether oxygens (including phenoxy) is 2. The highest BCUT2D eigenvalue weighted by Gasteiger charge is 2.21. The third kappa shape index (κ3) is 3.07. The molecule has 2 atom stereocenters. The Morgan fingerprint density at radius 1 is 1.41 bits per heavy atom. The van der Waals surface area contributed by atoms with Gasteiger partial charge in [0.1, 0.15) is 17.6 Å². The van der Waals surface area contributed by atoms with Gasteiger partial charge in [0.25, 0.3) is 0 Å². The summed E-state index contributed by atoms with van der Waals surface area (Å²) in [6, 6.07) is 10.3. The van der Waals surface area contributed by atoms with Crippen LogP contribution in [0.1, 0.15) is 36.7 Å². The summed E-state index contributed by atoms with van der Waals surface area (Å²) in [5, 5.41) is 3.49. The van der Waals surface area contributed by atoms with Crippen molar-refractivity contribution in [2.24, 2.45) is 0 Å². The number of nitrogens with one attached hydrogen (secondary N) is 1. The average molecular weight is 298 g/mol. The van der Waals surface area contributed by atoms with Crippen molar-refractivity contribution >= 4 is 0 Å². The predicted octanol–water partition coefficient (Wildman–Crippen LogP) is 3.26. The topological polar surface area (TPSA) is 43.4 Å². The first-order chi connectivity index (χ1) is 10.7. The lowest BCUT2D eigenvalue weighted by Gasteiger charge is -2.16. The Balaban J connectivity index is 1.74. The summed E-state index contributed by atoms with van der Waals surface area (Å²) >= 11 is 0. The van der Waals surface area contributed by atoms with Crippen molar-refractivity contribution < 1.29 is 9.47 Å². The van der Waals surface area contributed by atoms with Crippen LogP contribution >= 0.6 is 0 Å². The summed E-state index contributed by atoms with van der Waals surface area (Å²) in [5.74, 6) is 1.90. The fourth-order valence-corrected chi connectivity index (χ4v) is 2.81. The monoisotopic (exact) mass is 298 g/mol. The molecule has 1 aliphatic rings. The Kier molecular flexibility index (Phi) is 4.29. The van der Waals surface area contributed by atoms with Gasteiger partial charge in [-0.15, -0.1) is 0 Å². The van der Waals surface area contributed by atoms with Gasteiger partial charge in [0.2, 0.25) is 0 Å². The summed E-state index contributed by atoms with van der Waals surface area (Å²) in [7, 11) is 1.71. The molecule has 0 saturated carbocycles. The Bertz CT molecular complexity index is 643. The Labute approximate surface area is 131 Å². The standard InChI is InChI=1S/C18H22N2O2/c1-12-8-14-9-17(21-3)15(10-18(14)22-12)11-20-13(2)16-6-4-5-7-19-16/h4-7,9-10,12-13,20H,8,11H2,1-3H3. The van der Waals surface area contributed by atoms with E-state index >= 15 is 0 Å². The van der Waals surface area contributed by atoms with E-state index in [2.05, 4.69) is 36.3 Å². The zero-order valence-corrected chi connectivity index (χ0v) is 13.3. The summed E-state index contributed by atoms with van der Waals surface area (Å²) in [6.07, 6.45) is 3.01. The van der Waals surface area contributed by atoms with Gasteiger partial charge >= 0.3 is 0 Å². The lowest BCUT2D eigenvalue weighted by molar-refractivity contribution is 0.254. The van der Waals surface area contributed by atoms with Crippen LogP contribution < -0.4 is 14.8 Å². The maximum absolute atomic E-state index is 5.84. The molecular weight excluding hydrogens is 276 g/mol. The predicted molar refractivity (Wildman–Crippen MR) is 86.3 cm³/mol. The minimum absolute atomic E-state index is 0.180. The van der Waals surface area contributed by atoms with Crippen LogP contribution in [0.5, 0.6) is 11.5 Å². The maximum atomic E-state index is 5.84. The van der Waals surface area contributed by atoms with Gasteiger partial charge in [0, 0.05) is 36.3 Å². The van der Waals surface area contributed by atoms with E-state index in [4.69, 9.17) is 9.47 Å². The van der Waals surface area contributed by atoms with E-state index in [0.717, 1.165) is 29.2 Å². The van der Waals surface area contributed by atoms with Gasteiger partial charge in [0.05, 0.1) is 12.8 Å². The Morgan fingerprint density at radius 3 is 3.00 bits per heavy atom. The molecule has 0 spiro atoms. The first-order valence-corrected chi connectivity index (χ1v) is 7.68. The SMILES string of the molecule is COc1cc2c(cc1CNC(C)c1ccccn1)OC(C)C2. The molecule has 0 saturated heterocycles. The number of nitrogens with zero attached hydrogens (tertiary/aromatic N) is 1. The molecule has 3 rings (SSSR count). The van der Waals surface area contributed by atoms with Gasteiger partial charge in [-0.25, -0.2) is 0 Å². The molecule has 0 radical (unpaired) electrons. The molecule has 4 nitrogen and oxygen atoms in total. The van der Waals surface area contributed by atoms with Crippen molar-refractivity contribution in [3.63, 3.8) is 0 Å². The molecule has 1 aromatic heterocycles. The molecule has 4 heteroatoms. The second kappa shape index (κ2) is 6.36. The van der Waals surface area contributed by atoms with Crippen LogP contribution in [0.25, 0.3) is 0 Å². The maximum Gasteiger partial charge on any atom is 0.123 e. The van der Waals surface area contributed by atoms with Gasteiger partial charge in [-0.3, -0.25) is 4.98 Å². The van der Waals surface area contributed by atoms with Gasteiger partial charge in [-0.1, -0.05) is 6.07 Å². The molecule has 0 bridgehead atoms. The van der Waals surface area contributed by atoms with E-state index in [1.165, 1.54) is 5.56 Å². The van der Waals surface area contributed by atoms with Crippen molar-refractivity contribution in [1.82, 2.24) is 10.3 Å². The van der Waals surface area contributed by atoms with E-state index in [1.54, 1.807) is 7.11 Å². The zero-order chi connectivity index (χ0) is 15.5. The van der Waals surface area contributed by atoms with E-state index < -0.39 is 0 Å². The summed E-state index contributed by atoms with van der Waals surface area (Å²) in [4.78, 5) is 4.38. The highest BCUT2D eigenvalue weighted by atomic mass is 16.5. The third-order valence-electron chi connectivity index (χ3n) is 4.03. The average Bonchev–Trinajstić information content (AvgIpc) is 2.91. The number of rotatable bonds is 5. The minimum Gasteiger partial charge on any atom is -0.496 e. The van der Waals surface area contributed by atoms with Crippen molar-refractivity contribution in [3.05, 3.63) is 53.3 Å². The largest absolute Gasteiger partial charge is 0.496 e. The molecule has 2 heterocycles. The number of aromatic nitrogens is 1. The molecule has 2 aromatic rings. The van der Waals surface area contributed by atoms with Crippen LogP contribution in [0.3, 0.4) is 0 Å². The zero-order valence-electron chi connectivity index (χ0n) is 13.3. The summed E-state index contributed by atoms with van der Waals surface area (Å²) < 4.78 is 11.4. The highest BCUT2D eigenvalue weighted by molar-refractivity contribution is 5.48.